The molecular weight excluding hydrogens is 212 g/mol. The van der Waals surface area contributed by atoms with Crippen LogP contribution in [0.5, 0.6) is 0 Å². The molecule has 1 aromatic heterocycles. The van der Waals surface area contributed by atoms with E-state index >= 15 is 0 Å². The van der Waals surface area contributed by atoms with Crippen LogP contribution >= 0.6 is 0 Å². The third-order valence-corrected chi connectivity index (χ3v) is 2.08. The van der Waals surface area contributed by atoms with Gasteiger partial charge >= 0.3 is 5.69 Å². The minimum Gasteiger partial charge on any atom is -0.393 e. The lowest BCUT2D eigenvalue weighted by atomic mass is 10.1. The number of aliphatic hydroxyl groups is 1. The predicted molar refractivity (Wildman–Crippen MR) is 59.2 cm³/mol. The molecule has 7 nitrogen and oxygen atoms in total. The molecule has 2 N–H and O–H groups in total. The molecule has 0 saturated carbocycles. The molecule has 1 heterocycles. The number of nitrogens with zero attached hydrogens (tertiary/aromatic N) is 3. The number of nitrogens with one attached hydrogen (secondary N) is 1. The first-order valence-electron chi connectivity index (χ1n) is 5.02. The summed E-state index contributed by atoms with van der Waals surface area (Å²) in [5.74, 6) is 0.237. The van der Waals surface area contributed by atoms with Gasteiger partial charge in [0, 0.05) is 13.1 Å². The normalized spacial score (nSPS) is 14.5. The van der Waals surface area contributed by atoms with E-state index in [1.54, 1.807) is 14.0 Å². The minimum absolute atomic E-state index is 0.0556. The quantitative estimate of drug-likeness (QED) is 0.577. The maximum atomic E-state index is 10.7. The van der Waals surface area contributed by atoms with Crippen molar-refractivity contribution in [2.45, 2.75) is 32.4 Å². The van der Waals surface area contributed by atoms with Crippen molar-refractivity contribution < 1.29 is 10.0 Å². The predicted octanol–water partition coefficient (Wildman–Crippen LogP) is 0.900. The zero-order chi connectivity index (χ0) is 12.3. The van der Waals surface area contributed by atoms with Gasteiger partial charge in [-0.15, -0.1) is 5.10 Å². The van der Waals surface area contributed by atoms with E-state index in [1.807, 2.05) is 6.92 Å². The summed E-state index contributed by atoms with van der Waals surface area (Å²) in [5, 5.41) is 26.8. The van der Waals surface area contributed by atoms with Gasteiger partial charge in [-0.3, -0.25) is 14.8 Å². The van der Waals surface area contributed by atoms with Crippen LogP contribution in [0.2, 0.25) is 0 Å². The van der Waals surface area contributed by atoms with E-state index in [4.69, 9.17) is 0 Å². The van der Waals surface area contributed by atoms with E-state index in [0.29, 0.717) is 6.42 Å². The first-order valence-corrected chi connectivity index (χ1v) is 5.02. The van der Waals surface area contributed by atoms with Gasteiger partial charge in [-0.05, 0) is 20.3 Å². The van der Waals surface area contributed by atoms with Crippen molar-refractivity contribution in [1.29, 1.82) is 0 Å². The molecule has 0 aliphatic carbocycles. The van der Waals surface area contributed by atoms with Gasteiger partial charge in [0.2, 0.25) is 5.82 Å². The van der Waals surface area contributed by atoms with Crippen LogP contribution in [0.15, 0.2) is 6.20 Å². The summed E-state index contributed by atoms with van der Waals surface area (Å²) in [5.41, 5.74) is -0.0556. The summed E-state index contributed by atoms with van der Waals surface area (Å²) in [6.45, 7) is 3.51. The molecule has 0 radical (unpaired) electrons. The lowest BCUT2D eigenvalue weighted by Gasteiger charge is -2.14. The van der Waals surface area contributed by atoms with Gasteiger partial charge < -0.3 is 10.4 Å². The molecule has 90 valence electrons. The van der Waals surface area contributed by atoms with Crippen LogP contribution < -0.4 is 5.32 Å². The topological polar surface area (TPSA) is 93.2 Å². The number of aliphatic hydroxyl groups excluding tert-OH is 1. The first kappa shape index (κ1) is 12.4. The van der Waals surface area contributed by atoms with Gasteiger partial charge in [-0.25, -0.2) is 0 Å². The van der Waals surface area contributed by atoms with Gasteiger partial charge in [0.1, 0.15) is 6.20 Å². The third kappa shape index (κ3) is 3.20. The highest BCUT2D eigenvalue weighted by atomic mass is 16.6. The molecular formula is C9H16N4O3. The molecule has 1 aromatic rings. The van der Waals surface area contributed by atoms with Gasteiger partial charge in [0.15, 0.2) is 0 Å². The number of aryl methyl sites for hydroxylation is 1. The Labute approximate surface area is 93.2 Å². The van der Waals surface area contributed by atoms with Crippen molar-refractivity contribution in [2.24, 2.45) is 7.05 Å². The molecule has 2 atom stereocenters. The summed E-state index contributed by atoms with van der Waals surface area (Å²) >= 11 is 0. The zero-order valence-corrected chi connectivity index (χ0v) is 9.54. The van der Waals surface area contributed by atoms with E-state index in [0.717, 1.165) is 0 Å². The maximum absolute atomic E-state index is 10.7. The second-order valence-corrected chi connectivity index (χ2v) is 3.92. The zero-order valence-electron chi connectivity index (χ0n) is 9.54. The lowest BCUT2D eigenvalue weighted by molar-refractivity contribution is -0.384. The molecule has 16 heavy (non-hydrogen) atoms. The van der Waals surface area contributed by atoms with Crippen LogP contribution in [0.1, 0.15) is 20.3 Å². The van der Waals surface area contributed by atoms with E-state index in [9.17, 15) is 15.2 Å². The molecule has 7 heteroatoms. The van der Waals surface area contributed by atoms with Gasteiger partial charge in [-0.2, -0.15) is 0 Å². The Morgan fingerprint density at radius 3 is 2.81 bits per heavy atom. The smallest absolute Gasteiger partial charge is 0.330 e. The average molecular weight is 228 g/mol. The van der Waals surface area contributed by atoms with Crippen LogP contribution in [0.3, 0.4) is 0 Å². The molecule has 0 bridgehead atoms. The Balaban J connectivity index is 2.76. The fourth-order valence-electron chi connectivity index (χ4n) is 1.52. The molecule has 0 aliphatic heterocycles. The summed E-state index contributed by atoms with van der Waals surface area (Å²) < 4.78 is 1.38. The van der Waals surface area contributed by atoms with Crippen molar-refractivity contribution in [3.63, 3.8) is 0 Å². The molecule has 2 unspecified atom stereocenters. The molecule has 0 spiro atoms. The number of hydrogen-bond acceptors (Lipinski definition) is 5. The van der Waals surface area contributed by atoms with E-state index in [-0.39, 0.29) is 17.5 Å². The molecule has 0 saturated heterocycles. The Kier molecular flexibility index (Phi) is 3.83. The highest BCUT2D eigenvalue weighted by Gasteiger charge is 2.20. The summed E-state index contributed by atoms with van der Waals surface area (Å²) in [6.07, 6.45) is 1.40. The van der Waals surface area contributed by atoms with Crippen LogP contribution in [-0.2, 0) is 7.05 Å². The fraction of sp³-hybridized carbons (Fsp3) is 0.667. The lowest BCUT2D eigenvalue weighted by Crippen LogP contribution is -2.21. The first-order chi connectivity index (χ1) is 7.40. The van der Waals surface area contributed by atoms with E-state index in [2.05, 4.69) is 10.4 Å². The number of hydrogen-bond donors (Lipinski definition) is 2. The van der Waals surface area contributed by atoms with Crippen LogP contribution in [0, 0.1) is 10.1 Å². The van der Waals surface area contributed by atoms with Crippen LogP contribution in [-0.4, -0.2) is 32.0 Å². The second kappa shape index (κ2) is 4.93. The van der Waals surface area contributed by atoms with Crippen molar-refractivity contribution in [3.8, 4) is 0 Å². The summed E-state index contributed by atoms with van der Waals surface area (Å²) in [7, 11) is 1.62. The standard InChI is InChI=1S/C9H16N4O3/c1-6(4-7(2)14)10-9-8(13(15)16)5-12(3)11-9/h5-7,14H,4H2,1-3H3,(H,10,11). The van der Waals surface area contributed by atoms with Crippen molar-refractivity contribution >= 4 is 11.5 Å². The second-order valence-electron chi connectivity index (χ2n) is 3.92. The summed E-state index contributed by atoms with van der Waals surface area (Å²) in [4.78, 5) is 10.2. The Morgan fingerprint density at radius 1 is 1.69 bits per heavy atom. The van der Waals surface area contributed by atoms with Gasteiger partial charge in [-0.1, -0.05) is 0 Å². The molecule has 0 fully saturated rings. The minimum atomic E-state index is -0.482. The highest BCUT2D eigenvalue weighted by molar-refractivity contribution is 5.54. The number of nitro groups is 1. The number of aromatic nitrogens is 2. The highest BCUT2D eigenvalue weighted by Crippen LogP contribution is 2.22. The Bertz CT molecular complexity index is 375. The van der Waals surface area contributed by atoms with Gasteiger partial charge in [0.25, 0.3) is 0 Å². The largest absolute Gasteiger partial charge is 0.393 e. The van der Waals surface area contributed by atoms with Crippen LogP contribution in [0.25, 0.3) is 0 Å². The van der Waals surface area contributed by atoms with Crippen LogP contribution in [0.4, 0.5) is 11.5 Å². The molecule has 1 rings (SSSR count). The average Bonchev–Trinajstić information content (AvgIpc) is 2.44. The number of anilines is 1. The maximum Gasteiger partial charge on any atom is 0.330 e. The molecule has 0 amide bonds. The Hall–Kier alpha value is -1.63. The fourth-order valence-corrected chi connectivity index (χ4v) is 1.52. The Morgan fingerprint density at radius 2 is 2.31 bits per heavy atom. The SMILES string of the molecule is CC(O)CC(C)Nc1nn(C)cc1[N+](=O)[O-]. The van der Waals surface area contributed by atoms with Crippen molar-refractivity contribution in [2.75, 3.05) is 5.32 Å². The monoisotopic (exact) mass is 228 g/mol. The van der Waals surface area contributed by atoms with Gasteiger partial charge in [0.05, 0.1) is 11.0 Å². The molecule has 0 aromatic carbocycles. The van der Waals surface area contributed by atoms with E-state index in [1.165, 1.54) is 10.9 Å². The van der Waals surface area contributed by atoms with Crippen molar-refractivity contribution in [3.05, 3.63) is 16.3 Å². The van der Waals surface area contributed by atoms with Crippen molar-refractivity contribution in [1.82, 2.24) is 9.78 Å². The molecule has 0 aliphatic rings. The third-order valence-electron chi connectivity index (χ3n) is 2.08. The summed E-state index contributed by atoms with van der Waals surface area (Å²) in [6, 6.07) is -0.0754. The number of rotatable bonds is 5. The van der Waals surface area contributed by atoms with E-state index < -0.39 is 11.0 Å².